The van der Waals surface area contributed by atoms with E-state index in [-0.39, 0.29) is 20.1 Å². The number of hydrogen-bond donors (Lipinski definition) is 0. The fraction of sp³-hybridized carbons (Fsp3) is 0.0455. The Morgan fingerprint density at radius 1 is 0.920 bits per heavy atom. The summed E-state index contributed by atoms with van der Waals surface area (Å²) in [7, 11) is 0. The van der Waals surface area contributed by atoms with Crippen molar-refractivity contribution in [2.75, 3.05) is 0 Å². The predicted molar refractivity (Wildman–Crippen MR) is 99.2 cm³/mol. The molecule has 0 fully saturated rings. The van der Waals surface area contributed by atoms with Gasteiger partial charge in [-0.2, -0.15) is 0 Å². The molecule has 0 bridgehead atoms. The Morgan fingerprint density at radius 2 is 1.72 bits per heavy atom. The second-order valence-electron chi connectivity index (χ2n) is 6.18. The molecule has 0 saturated carbocycles. The quantitative estimate of drug-likeness (QED) is 0.223. The average molecular weight is 500 g/mol. The molecule has 2 heterocycles. The number of fused-ring (bicyclic) bond motifs is 6. The van der Waals surface area contributed by atoms with Crippen molar-refractivity contribution < 1.29 is 20.1 Å². The summed E-state index contributed by atoms with van der Waals surface area (Å²) >= 11 is 0. The molecular formula is C22H15IrN2-. The van der Waals surface area contributed by atoms with E-state index in [9.17, 15) is 0 Å². The second-order valence-corrected chi connectivity index (χ2v) is 6.18. The molecule has 0 amide bonds. The molecule has 3 aromatic carbocycles. The van der Waals surface area contributed by atoms with E-state index in [0.29, 0.717) is 0 Å². The van der Waals surface area contributed by atoms with Crippen molar-refractivity contribution >= 4 is 27.3 Å². The SMILES string of the molecule is Cc1ccc(-c2ccc3c(c2)c2ccc[c-]c2c2nccn32)cc1.[Ir]. The minimum Gasteiger partial charge on any atom is -0.340 e. The summed E-state index contributed by atoms with van der Waals surface area (Å²) in [6, 6.07) is 24.8. The van der Waals surface area contributed by atoms with Gasteiger partial charge < -0.3 is 4.40 Å². The van der Waals surface area contributed by atoms with E-state index in [1.165, 1.54) is 33.0 Å². The number of aromatic nitrogens is 2. The number of hydrogen-bond acceptors (Lipinski definition) is 1. The molecular weight excluding hydrogens is 484 g/mol. The maximum Gasteiger partial charge on any atom is 0.0608 e. The predicted octanol–water partition coefficient (Wildman–Crippen LogP) is 5.41. The number of benzene rings is 3. The third-order valence-corrected chi connectivity index (χ3v) is 4.65. The van der Waals surface area contributed by atoms with Crippen molar-refractivity contribution in [3.05, 3.63) is 84.7 Å². The zero-order valence-electron chi connectivity index (χ0n) is 13.7. The Hall–Kier alpha value is -2.48. The topological polar surface area (TPSA) is 17.3 Å². The molecule has 5 rings (SSSR count). The molecule has 3 heteroatoms. The monoisotopic (exact) mass is 500 g/mol. The third kappa shape index (κ3) is 2.48. The van der Waals surface area contributed by atoms with Gasteiger partial charge in [-0.1, -0.05) is 47.3 Å². The summed E-state index contributed by atoms with van der Waals surface area (Å²) in [5.41, 5.74) is 5.87. The zero-order chi connectivity index (χ0) is 16.1. The van der Waals surface area contributed by atoms with Crippen LogP contribution in [-0.2, 0) is 20.1 Å². The molecule has 2 aromatic heterocycles. The summed E-state index contributed by atoms with van der Waals surface area (Å²) < 4.78 is 2.15. The van der Waals surface area contributed by atoms with Gasteiger partial charge in [-0.3, -0.25) is 4.98 Å². The maximum atomic E-state index is 4.52. The maximum absolute atomic E-state index is 4.52. The van der Waals surface area contributed by atoms with Gasteiger partial charge in [0.25, 0.3) is 0 Å². The minimum atomic E-state index is 0. The van der Waals surface area contributed by atoms with Crippen LogP contribution in [0.1, 0.15) is 5.56 Å². The molecule has 123 valence electrons. The van der Waals surface area contributed by atoms with Crippen molar-refractivity contribution in [1.29, 1.82) is 0 Å². The van der Waals surface area contributed by atoms with Crippen LogP contribution in [0.25, 0.3) is 38.4 Å². The normalized spacial score (nSPS) is 11.1. The van der Waals surface area contributed by atoms with Crippen LogP contribution in [0.15, 0.2) is 73.1 Å². The van der Waals surface area contributed by atoms with Gasteiger partial charge in [-0.15, -0.1) is 29.7 Å². The molecule has 0 spiro atoms. The van der Waals surface area contributed by atoms with Gasteiger partial charge >= 0.3 is 0 Å². The summed E-state index contributed by atoms with van der Waals surface area (Å²) in [5, 5.41) is 3.49. The molecule has 2 nitrogen and oxygen atoms in total. The van der Waals surface area contributed by atoms with Crippen LogP contribution in [0.3, 0.4) is 0 Å². The number of imidazole rings is 1. The van der Waals surface area contributed by atoms with Crippen molar-refractivity contribution in [1.82, 2.24) is 9.38 Å². The molecule has 0 saturated heterocycles. The Bertz CT molecular complexity index is 1200. The van der Waals surface area contributed by atoms with Crippen LogP contribution in [0.2, 0.25) is 0 Å². The second kappa shape index (κ2) is 6.11. The van der Waals surface area contributed by atoms with Gasteiger partial charge in [0, 0.05) is 38.0 Å². The third-order valence-electron chi connectivity index (χ3n) is 4.65. The molecule has 1 radical (unpaired) electrons. The Labute approximate surface area is 159 Å². The van der Waals surface area contributed by atoms with Gasteiger partial charge in [0.15, 0.2) is 0 Å². The number of nitrogens with zero attached hydrogens (tertiary/aromatic N) is 2. The van der Waals surface area contributed by atoms with E-state index in [1.54, 1.807) is 0 Å². The van der Waals surface area contributed by atoms with Crippen molar-refractivity contribution in [3.8, 4) is 11.1 Å². The van der Waals surface area contributed by atoms with E-state index in [2.05, 4.69) is 70.9 Å². The van der Waals surface area contributed by atoms with Gasteiger partial charge in [0.05, 0.1) is 5.65 Å². The molecule has 0 aliphatic rings. The van der Waals surface area contributed by atoms with E-state index in [4.69, 9.17) is 0 Å². The molecule has 0 aliphatic heterocycles. The van der Waals surface area contributed by atoms with Crippen LogP contribution in [0.5, 0.6) is 0 Å². The molecule has 0 unspecified atom stereocenters. The first kappa shape index (κ1) is 16.0. The minimum absolute atomic E-state index is 0. The van der Waals surface area contributed by atoms with Crippen molar-refractivity contribution in [3.63, 3.8) is 0 Å². The smallest absolute Gasteiger partial charge is 0.0608 e. The molecule has 25 heavy (non-hydrogen) atoms. The number of rotatable bonds is 1. The van der Waals surface area contributed by atoms with Gasteiger partial charge in [0.1, 0.15) is 0 Å². The van der Waals surface area contributed by atoms with Gasteiger partial charge in [-0.25, -0.2) is 0 Å². The summed E-state index contributed by atoms with van der Waals surface area (Å²) in [6.45, 7) is 2.11. The molecule has 0 aliphatic carbocycles. The van der Waals surface area contributed by atoms with Gasteiger partial charge in [-0.05, 0) is 29.5 Å². The van der Waals surface area contributed by atoms with E-state index in [1.807, 2.05) is 24.5 Å². The zero-order valence-corrected chi connectivity index (χ0v) is 16.1. The van der Waals surface area contributed by atoms with Crippen LogP contribution in [0, 0.1) is 13.0 Å². The number of pyridine rings is 1. The Morgan fingerprint density at radius 3 is 2.56 bits per heavy atom. The van der Waals surface area contributed by atoms with E-state index in [0.717, 1.165) is 11.0 Å². The van der Waals surface area contributed by atoms with Gasteiger partial charge in [0.2, 0.25) is 0 Å². The summed E-state index contributed by atoms with van der Waals surface area (Å²) in [6.07, 6.45) is 3.87. The Balaban J connectivity index is 0.00000157. The van der Waals surface area contributed by atoms with E-state index >= 15 is 0 Å². The van der Waals surface area contributed by atoms with Crippen LogP contribution >= 0.6 is 0 Å². The fourth-order valence-electron chi connectivity index (χ4n) is 3.42. The van der Waals surface area contributed by atoms with Crippen LogP contribution in [-0.4, -0.2) is 9.38 Å². The van der Waals surface area contributed by atoms with Crippen LogP contribution in [0.4, 0.5) is 0 Å². The van der Waals surface area contributed by atoms with E-state index < -0.39 is 0 Å². The number of aryl methyl sites for hydroxylation is 1. The summed E-state index contributed by atoms with van der Waals surface area (Å²) in [5.74, 6) is 0. The molecule has 0 atom stereocenters. The largest absolute Gasteiger partial charge is 0.340 e. The first-order valence-corrected chi connectivity index (χ1v) is 8.07. The fourth-order valence-corrected chi connectivity index (χ4v) is 3.42. The molecule has 5 aromatic rings. The van der Waals surface area contributed by atoms with Crippen molar-refractivity contribution in [2.24, 2.45) is 0 Å². The average Bonchev–Trinajstić information content (AvgIpc) is 3.12. The Kier molecular flexibility index (Phi) is 3.91. The van der Waals surface area contributed by atoms with Crippen molar-refractivity contribution in [2.45, 2.75) is 6.92 Å². The van der Waals surface area contributed by atoms with Crippen LogP contribution < -0.4 is 0 Å². The standard InChI is InChI=1S/C22H15N2.Ir/c1-15-6-8-16(9-7-15)17-10-11-21-20(14-17)18-4-2-3-5-19(18)22-23-12-13-24(21)22;/h2-4,6-14H,1H3;/q-1;. The first-order chi connectivity index (χ1) is 11.8. The first-order valence-electron chi connectivity index (χ1n) is 8.07. The molecule has 0 N–H and O–H groups in total. The summed E-state index contributed by atoms with van der Waals surface area (Å²) in [4.78, 5) is 4.52.